The second-order valence-corrected chi connectivity index (χ2v) is 7.23. The molecule has 2 rings (SSSR count). The third-order valence-electron chi connectivity index (χ3n) is 5.23. The van der Waals surface area contributed by atoms with E-state index in [4.69, 9.17) is 18.0 Å². The van der Waals surface area contributed by atoms with Gasteiger partial charge in [0.05, 0.1) is 4.99 Å². The topological polar surface area (TPSA) is 46.3 Å². The van der Waals surface area contributed by atoms with Gasteiger partial charge in [-0.2, -0.15) is 0 Å². The molecule has 1 amide bonds. The van der Waals surface area contributed by atoms with E-state index < -0.39 is 0 Å². The molecule has 1 saturated carbocycles. The largest absolute Gasteiger partial charge is 0.393 e. The van der Waals surface area contributed by atoms with Gasteiger partial charge in [0.15, 0.2) is 0 Å². The van der Waals surface area contributed by atoms with E-state index in [1.165, 1.54) is 32.1 Å². The summed E-state index contributed by atoms with van der Waals surface area (Å²) in [6, 6.07) is 0. The minimum absolute atomic E-state index is 0.0486. The van der Waals surface area contributed by atoms with E-state index in [0.29, 0.717) is 10.9 Å². The summed E-state index contributed by atoms with van der Waals surface area (Å²) in [4.78, 5) is 15.3. The number of likely N-dealkylation sites (tertiary alicyclic amines) is 1. The summed E-state index contributed by atoms with van der Waals surface area (Å²) in [7, 11) is 0. The molecule has 1 aliphatic carbocycles. The summed E-state index contributed by atoms with van der Waals surface area (Å²) < 4.78 is 0. The van der Waals surface area contributed by atoms with Gasteiger partial charge in [-0.3, -0.25) is 4.79 Å². The van der Waals surface area contributed by atoms with Crippen molar-refractivity contribution in [1.29, 1.82) is 0 Å². The van der Waals surface area contributed by atoms with Gasteiger partial charge in [0.25, 0.3) is 0 Å². The van der Waals surface area contributed by atoms with Gasteiger partial charge >= 0.3 is 0 Å². The summed E-state index contributed by atoms with van der Waals surface area (Å²) in [5, 5.41) is 0. The number of hydrogen-bond acceptors (Lipinski definition) is 2. The van der Waals surface area contributed by atoms with Crippen molar-refractivity contribution >= 4 is 23.1 Å². The highest BCUT2D eigenvalue weighted by Crippen LogP contribution is 2.33. The Labute approximate surface area is 128 Å². The number of piperidine rings is 1. The van der Waals surface area contributed by atoms with Gasteiger partial charge in [0.2, 0.25) is 5.91 Å². The quantitative estimate of drug-likeness (QED) is 0.796. The van der Waals surface area contributed by atoms with Crippen molar-refractivity contribution in [3.63, 3.8) is 0 Å². The summed E-state index contributed by atoms with van der Waals surface area (Å²) in [5.41, 5.74) is 5.78. The van der Waals surface area contributed by atoms with Crippen molar-refractivity contribution < 1.29 is 4.79 Å². The SMILES string of the molecule is CC1(C(N)=S)CCN(C(=O)C2CCCCCCC2)CC1. The minimum atomic E-state index is -0.0486. The molecule has 0 bridgehead atoms. The molecular weight excluding hydrogens is 268 g/mol. The van der Waals surface area contributed by atoms with Gasteiger partial charge in [-0.05, 0) is 25.7 Å². The highest BCUT2D eigenvalue weighted by molar-refractivity contribution is 7.80. The Morgan fingerprint density at radius 1 is 1.10 bits per heavy atom. The first-order chi connectivity index (χ1) is 9.53. The van der Waals surface area contributed by atoms with Crippen LogP contribution >= 0.6 is 12.2 Å². The number of thiocarbonyl (C=S) groups is 1. The van der Waals surface area contributed by atoms with Crippen molar-refractivity contribution in [2.45, 2.75) is 64.7 Å². The lowest BCUT2D eigenvalue weighted by atomic mass is 9.80. The number of amides is 1. The third-order valence-corrected chi connectivity index (χ3v) is 5.72. The number of carbonyl (C=O) groups excluding carboxylic acids is 1. The first-order valence-corrected chi connectivity index (χ1v) is 8.52. The Morgan fingerprint density at radius 3 is 2.10 bits per heavy atom. The normalized spacial score (nSPS) is 24.8. The van der Waals surface area contributed by atoms with Crippen LogP contribution < -0.4 is 5.73 Å². The lowest BCUT2D eigenvalue weighted by molar-refractivity contribution is -0.137. The van der Waals surface area contributed by atoms with Gasteiger partial charge in [0.1, 0.15) is 0 Å². The summed E-state index contributed by atoms with van der Waals surface area (Å²) in [5.74, 6) is 0.654. The highest BCUT2D eigenvalue weighted by atomic mass is 32.1. The first-order valence-electron chi connectivity index (χ1n) is 8.12. The molecule has 0 aromatic heterocycles. The summed E-state index contributed by atoms with van der Waals surface area (Å²) in [6.45, 7) is 3.78. The number of carbonyl (C=O) groups is 1. The van der Waals surface area contributed by atoms with Crippen LogP contribution in [0.15, 0.2) is 0 Å². The zero-order chi connectivity index (χ0) is 14.6. The van der Waals surface area contributed by atoms with E-state index in [1.807, 2.05) is 0 Å². The van der Waals surface area contributed by atoms with Crippen molar-refractivity contribution in [3.8, 4) is 0 Å². The van der Waals surface area contributed by atoms with E-state index in [9.17, 15) is 4.79 Å². The molecule has 20 heavy (non-hydrogen) atoms. The van der Waals surface area contributed by atoms with Crippen LogP contribution in [-0.4, -0.2) is 28.9 Å². The van der Waals surface area contributed by atoms with Gasteiger partial charge in [0, 0.05) is 24.4 Å². The molecule has 3 nitrogen and oxygen atoms in total. The molecule has 2 aliphatic rings. The molecule has 0 aromatic carbocycles. The Morgan fingerprint density at radius 2 is 1.60 bits per heavy atom. The average Bonchev–Trinajstić information content (AvgIpc) is 2.38. The zero-order valence-electron chi connectivity index (χ0n) is 12.7. The standard InChI is InChI=1S/C16H28N2OS/c1-16(15(17)20)9-11-18(12-10-16)14(19)13-7-5-3-2-4-6-8-13/h13H,2-12H2,1H3,(H2,17,20). The second kappa shape index (κ2) is 6.88. The summed E-state index contributed by atoms with van der Waals surface area (Å²) in [6.07, 6.45) is 10.4. The first kappa shape index (κ1) is 15.7. The maximum absolute atomic E-state index is 12.7. The van der Waals surface area contributed by atoms with Crippen LogP contribution in [0.3, 0.4) is 0 Å². The van der Waals surface area contributed by atoms with Crippen LogP contribution in [0, 0.1) is 11.3 Å². The fraction of sp³-hybridized carbons (Fsp3) is 0.875. The lowest BCUT2D eigenvalue weighted by Gasteiger charge is -2.40. The van der Waals surface area contributed by atoms with Crippen LogP contribution in [-0.2, 0) is 4.79 Å². The van der Waals surface area contributed by atoms with E-state index in [1.54, 1.807) is 0 Å². The molecule has 0 radical (unpaired) electrons. The summed E-state index contributed by atoms with van der Waals surface area (Å²) >= 11 is 5.17. The highest BCUT2D eigenvalue weighted by Gasteiger charge is 2.35. The zero-order valence-corrected chi connectivity index (χ0v) is 13.5. The van der Waals surface area contributed by atoms with Crippen molar-refractivity contribution in [2.75, 3.05) is 13.1 Å². The molecule has 0 aromatic rings. The molecule has 0 unspecified atom stereocenters. The Kier molecular flexibility index (Phi) is 5.42. The number of nitrogens with zero attached hydrogens (tertiary/aromatic N) is 1. The number of nitrogens with two attached hydrogens (primary N) is 1. The van der Waals surface area contributed by atoms with Crippen LogP contribution in [0.25, 0.3) is 0 Å². The van der Waals surface area contributed by atoms with Crippen LogP contribution in [0.1, 0.15) is 64.7 Å². The molecule has 114 valence electrons. The van der Waals surface area contributed by atoms with E-state index in [0.717, 1.165) is 38.8 Å². The Bertz CT molecular complexity index is 353. The fourth-order valence-corrected chi connectivity index (χ4v) is 3.63. The number of hydrogen-bond donors (Lipinski definition) is 1. The molecule has 2 N–H and O–H groups in total. The van der Waals surface area contributed by atoms with Gasteiger partial charge < -0.3 is 10.6 Å². The molecular formula is C16H28N2OS. The molecule has 0 atom stereocenters. The van der Waals surface area contributed by atoms with Crippen molar-refractivity contribution in [3.05, 3.63) is 0 Å². The third kappa shape index (κ3) is 3.72. The van der Waals surface area contributed by atoms with E-state index in [2.05, 4.69) is 11.8 Å². The predicted octanol–water partition coefficient (Wildman–Crippen LogP) is 3.26. The molecule has 1 aliphatic heterocycles. The molecule has 2 fully saturated rings. The fourth-order valence-electron chi connectivity index (χ4n) is 3.43. The number of rotatable bonds is 2. The Balaban J connectivity index is 1.88. The smallest absolute Gasteiger partial charge is 0.225 e. The lowest BCUT2D eigenvalue weighted by Crippen LogP contribution is -2.48. The van der Waals surface area contributed by atoms with Crippen LogP contribution in [0.2, 0.25) is 0 Å². The predicted molar refractivity (Wildman–Crippen MR) is 86.5 cm³/mol. The van der Waals surface area contributed by atoms with E-state index >= 15 is 0 Å². The van der Waals surface area contributed by atoms with Crippen molar-refractivity contribution in [2.24, 2.45) is 17.1 Å². The van der Waals surface area contributed by atoms with Gasteiger partial charge in [-0.25, -0.2) is 0 Å². The maximum Gasteiger partial charge on any atom is 0.225 e. The maximum atomic E-state index is 12.7. The van der Waals surface area contributed by atoms with E-state index in [-0.39, 0.29) is 11.3 Å². The Hall–Kier alpha value is -0.640. The van der Waals surface area contributed by atoms with Crippen molar-refractivity contribution in [1.82, 2.24) is 4.90 Å². The average molecular weight is 296 g/mol. The monoisotopic (exact) mass is 296 g/mol. The van der Waals surface area contributed by atoms with Crippen LogP contribution in [0.5, 0.6) is 0 Å². The minimum Gasteiger partial charge on any atom is -0.393 e. The second-order valence-electron chi connectivity index (χ2n) is 6.79. The molecule has 0 spiro atoms. The molecule has 1 saturated heterocycles. The van der Waals surface area contributed by atoms with Gasteiger partial charge in [-0.1, -0.05) is 51.2 Å². The van der Waals surface area contributed by atoms with Crippen LogP contribution in [0.4, 0.5) is 0 Å². The molecule has 4 heteroatoms. The van der Waals surface area contributed by atoms with Gasteiger partial charge in [-0.15, -0.1) is 0 Å². The molecule has 1 heterocycles.